The van der Waals surface area contributed by atoms with Crippen LogP contribution in [-0.4, -0.2) is 38.4 Å². The standard InChI is InChI=1S/C13H19NO.C2H4O/c1-14-8-6-11(7-9-14)12-4-3-5-13(10-12)15-2;1-2-3/h3-5,10-11H,6-9H2,1-2H3;2H,1H3. The van der Waals surface area contributed by atoms with Crippen LogP contribution in [-0.2, 0) is 4.79 Å². The van der Waals surface area contributed by atoms with E-state index in [-0.39, 0.29) is 0 Å². The number of rotatable bonds is 2. The number of benzene rings is 1. The Morgan fingerprint density at radius 2 is 1.94 bits per heavy atom. The molecule has 1 fully saturated rings. The van der Waals surface area contributed by atoms with Gasteiger partial charge in [-0.05, 0) is 63.5 Å². The molecule has 0 atom stereocenters. The first-order valence-corrected chi connectivity index (χ1v) is 6.43. The van der Waals surface area contributed by atoms with Crippen LogP contribution in [0.2, 0.25) is 0 Å². The first-order valence-electron chi connectivity index (χ1n) is 6.43. The van der Waals surface area contributed by atoms with Crippen LogP contribution in [0, 0.1) is 0 Å². The van der Waals surface area contributed by atoms with Crippen molar-refractivity contribution in [1.82, 2.24) is 4.90 Å². The van der Waals surface area contributed by atoms with E-state index in [9.17, 15) is 0 Å². The molecule has 3 nitrogen and oxygen atoms in total. The van der Waals surface area contributed by atoms with Gasteiger partial charge in [0.15, 0.2) is 0 Å². The third-order valence-corrected chi connectivity index (χ3v) is 3.28. The minimum Gasteiger partial charge on any atom is -0.497 e. The average molecular weight is 249 g/mol. The lowest BCUT2D eigenvalue weighted by atomic mass is 9.89. The molecule has 0 aliphatic carbocycles. The van der Waals surface area contributed by atoms with Crippen molar-refractivity contribution in [2.75, 3.05) is 27.2 Å². The molecule has 0 saturated carbocycles. The van der Waals surface area contributed by atoms with E-state index in [1.807, 2.05) is 6.07 Å². The number of nitrogens with zero attached hydrogens (tertiary/aromatic N) is 1. The molecule has 0 radical (unpaired) electrons. The second-order valence-corrected chi connectivity index (χ2v) is 4.59. The summed E-state index contributed by atoms with van der Waals surface area (Å²) in [7, 11) is 3.93. The van der Waals surface area contributed by atoms with Gasteiger partial charge in [0.05, 0.1) is 7.11 Å². The number of likely N-dealkylation sites (tertiary alicyclic amines) is 1. The third kappa shape index (κ3) is 4.49. The molecule has 0 unspecified atom stereocenters. The molecule has 1 aromatic carbocycles. The van der Waals surface area contributed by atoms with Crippen LogP contribution in [0.15, 0.2) is 24.3 Å². The maximum Gasteiger partial charge on any atom is 0.119 e. The van der Waals surface area contributed by atoms with Gasteiger partial charge >= 0.3 is 0 Å². The van der Waals surface area contributed by atoms with E-state index in [0.29, 0.717) is 0 Å². The molecule has 1 aromatic rings. The minimum atomic E-state index is 0.719. The lowest BCUT2D eigenvalue weighted by Gasteiger charge is -2.29. The normalized spacial score (nSPS) is 16.6. The van der Waals surface area contributed by atoms with Crippen LogP contribution in [0.5, 0.6) is 5.75 Å². The van der Waals surface area contributed by atoms with E-state index in [2.05, 4.69) is 30.1 Å². The van der Waals surface area contributed by atoms with Gasteiger partial charge in [0.1, 0.15) is 12.0 Å². The number of aldehydes is 1. The van der Waals surface area contributed by atoms with Crippen LogP contribution < -0.4 is 4.74 Å². The fourth-order valence-corrected chi connectivity index (χ4v) is 2.24. The second kappa shape index (κ2) is 7.88. The van der Waals surface area contributed by atoms with Crippen molar-refractivity contribution >= 4 is 6.29 Å². The zero-order valence-electron chi connectivity index (χ0n) is 11.6. The number of carbonyl (C=O) groups excluding carboxylic acids is 1. The first kappa shape index (κ1) is 14.7. The molecule has 1 saturated heterocycles. The van der Waals surface area contributed by atoms with Gasteiger partial charge in [-0.3, -0.25) is 0 Å². The Labute approximate surface area is 110 Å². The molecule has 1 heterocycles. The highest BCUT2D eigenvalue weighted by atomic mass is 16.5. The minimum absolute atomic E-state index is 0.719. The largest absolute Gasteiger partial charge is 0.497 e. The van der Waals surface area contributed by atoms with Gasteiger partial charge < -0.3 is 14.4 Å². The number of carbonyl (C=O) groups is 1. The van der Waals surface area contributed by atoms with Crippen LogP contribution >= 0.6 is 0 Å². The molecule has 2 rings (SSSR count). The summed E-state index contributed by atoms with van der Waals surface area (Å²) in [6.07, 6.45) is 3.29. The molecule has 0 aromatic heterocycles. The molecule has 1 aliphatic heterocycles. The molecular weight excluding hydrogens is 226 g/mol. The van der Waals surface area contributed by atoms with E-state index >= 15 is 0 Å². The zero-order chi connectivity index (χ0) is 13.4. The Morgan fingerprint density at radius 3 is 2.50 bits per heavy atom. The predicted octanol–water partition coefficient (Wildman–Crippen LogP) is 2.71. The summed E-state index contributed by atoms with van der Waals surface area (Å²) < 4.78 is 5.26. The Balaban J connectivity index is 0.000000492. The van der Waals surface area contributed by atoms with Crippen LogP contribution in [0.3, 0.4) is 0 Å². The van der Waals surface area contributed by atoms with Crippen molar-refractivity contribution < 1.29 is 9.53 Å². The van der Waals surface area contributed by atoms with Gasteiger partial charge in [0.25, 0.3) is 0 Å². The fraction of sp³-hybridized carbons (Fsp3) is 0.533. The summed E-state index contributed by atoms with van der Waals surface area (Å²) in [5, 5.41) is 0. The van der Waals surface area contributed by atoms with Crippen LogP contribution in [0.25, 0.3) is 0 Å². The average Bonchev–Trinajstić information content (AvgIpc) is 2.40. The number of hydrogen-bond donors (Lipinski definition) is 0. The summed E-state index contributed by atoms with van der Waals surface area (Å²) in [6, 6.07) is 8.50. The summed E-state index contributed by atoms with van der Waals surface area (Å²) in [5.74, 6) is 1.70. The molecule has 100 valence electrons. The van der Waals surface area contributed by atoms with Gasteiger partial charge in [-0.2, -0.15) is 0 Å². The molecule has 1 aliphatic rings. The summed E-state index contributed by atoms with van der Waals surface area (Å²) in [5.41, 5.74) is 1.43. The van der Waals surface area contributed by atoms with Crippen molar-refractivity contribution in [3.8, 4) is 5.75 Å². The van der Waals surface area contributed by atoms with E-state index in [1.165, 1.54) is 38.4 Å². The number of methoxy groups -OCH3 is 1. The summed E-state index contributed by atoms with van der Waals surface area (Å²) in [6.45, 7) is 3.86. The van der Waals surface area contributed by atoms with Crippen molar-refractivity contribution in [3.63, 3.8) is 0 Å². The van der Waals surface area contributed by atoms with Gasteiger partial charge in [-0.1, -0.05) is 12.1 Å². The van der Waals surface area contributed by atoms with E-state index in [4.69, 9.17) is 9.53 Å². The van der Waals surface area contributed by atoms with Gasteiger partial charge in [0.2, 0.25) is 0 Å². The Hall–Kier alpha value is -1.35. The van der Waals surface area contributed by atoms with Crippen molar-refractivity contribution in [2.45, 2.75) is 25.7 Å². The molecule has 18 heavy (non-hydrogen) atoms. The Kier molecular flexibility index (Phi) is 6.44. The molecule has 3 heteroatoms. The molecule has 0 spiro atoms. The zero-order valence-corrected chi connectivity index (χ0v) is 11.6. The fourth-order valence-electron chi connectivity index (χ4n) is 2.24. The topological polar surface area (TPSA) is 29.5 Å². The third-order valence-electron chi connectivity index (χ3n) is 3.28. The molecule has 0 amide bonds. The van der Waals surface area contributed by atoms with Crippen molar-refractivity contribution in [1.29, 1.82) is 0 Å². The quantitative estimate of drug-likeness (QED) is 0.755. The van der Waals surface area contributed by atoms with Gasteiger partial charge in [0, 0.05) is 0 Å². The molecular formula is C15H23NO2. The molecule has 0 N–H and O–H groups in total. The predicted molar refractivity (Wildman–Crippen MR) is 74.2 cm³/mol. The highest BCUT2D eigenvalue weighted by Crippen LogP contribution is 2.29. The lowest BCUT2D eigenvalue weighted by molar-refractivity contribution is -0.106. The number of piperidine rings is 1. The number of hydrogen-bond acceptors (Lipinski definition) is 3. The number of ether oxygens (including phenoxy) is 1. The first-order chi connectivity index (χ1) is 8.71. The SMILES string of the molecule is CC=O.COc1cccc(C2CCN(C)CC2)c1. The summed E-state index contributed by atoms with van der Waals surface area (Å²) in [4.78, 5) is 11.2. The van der Waals surface area contributed by atoms with Gasteiger partial charge in [-0.15, -0.1) is 0 Å². The van der Waals surface area contributed by atoms with Crippen molar-refractivity contribution in [3.05, 3.63) is 29.8 Å². The van der Waals surface area contributed by atoms with Gasteiger partial charge in [-0.25, -0.2) is 0 Å². The second-order valence-electron chi connectivity index (χ2n) is 4.59. The summed E-state index contributed by atoms with van der Waals surface area (Å²) >= 11 is 0. The monoisotopic (exact) mass is 249 g/mol. The Morgan fingerprint density at radius 1 is 1.33 bits per heavy atom. The van der Waals surface area contributed by atoms with Crippen LogP contribution in [0.4, 0.5) is 0 Å². The highest BCUT2D eigenvalue weighted by Gasteiger charge is 2.18. The van der Waals surface area contributed by atoms with E-state index < -0.39 is 0 Å². The van der Waals surface area contributed by atoms with E-state index in [0.717, 1.165) is 18.0 Å². The maximum absolute atomic E-state index is 8.81. The van der Waals surface area contributed by atoms with E-state index in [1.54, 1.807) is 7.11 Å². The highest BCUT2D eigenvalue weighted by molar-refractivity contribution is 5.44. The molecule has 0 bridgehead atoms. The van der Waals surface area contributed by atoms with Crippen LogP contribution in [0.1, 0.15) is 31.2 Å². The Bertz CT molecular complexity index is 357. The lowest BCUT2D eigenvalue weighted by Crippen LogP contribution is -2.29. The maximum atomic E-state index is 8.81. The van der Waals surface area contributed by atoms with Crippen molar-refractivity contribution in [2.24, 2.45) is 0 Å². The smallest absolute Gasteiger partial charge is 0.119 e.